The van der Waals surface area contributed by atoms with Crippen molar-refractivity contribution in [3.05, 3.63) is 30.5 Å². The van der Waals surface area contributed by atoms with Gasteiger partial charge in [-0.15, -0.1) is 0 Å². The number of hydrogen-bond acceptors (Lipinski definition) is 3. The van der Waals surface area contributed by atoms with Gasteiger partial charge in [-0.2, -0.15) is 0 Å². The third-order valence-corrected chi connectivity index (χ3v) is 2.82. The summed E-state index contributed by atoms with van der Waals surface area (Å²) < 4.78 is 5.43. The van der Waals surface area contributed by atoms with Gasteiger partial charge in [0.1, 0.15) is 11.8 Å². The van der Waals surface area contributed by atoms with Crippen molar-refractivity contribution in [1.82, 2.24) is 0 Å². The molecule has 0 saturated carbocycles. The van der Waals surface area contributed by atoms with Crippen LogP contribution in [0.4, 0.5) is 5.69 Å². The van der Waals surface area contributed by atoms with Gasteiger partial charge in [0.25, 0.3) is 0 Å². The van der Waals surface area contributed by atoms with Crippen LogP contribution in [0.15, 0.2) is 34.9 Å². The zero-order valence-electron chi connectivity index (χ0n) is 9.60. The molecule has 1 unspecified atom stereocenters. The van der Waals surface area contributed by atoms with E-state index in [4.69, 9.17) is 4.42 Å². The Morgan fingerprint density at radius 2 is 2.06 bits per heavy atom. The molecule has 1 aromatic carbocycles. The minimum absolute atomic E-state index is 0.0565. The highest BCUT2D eigenvalue weighted by molar-refractivity contribution is 5.90. The highest BCUT2D eigenvalue weighted by Gasteiger charge is 2.14. The molecule has 86 valence electrons. The van der Waals surface area contributed by atoms with Crippen LogP contribution >= 0.6 is 0 Å². The molecule has 0 aliphatic carbocycles. The Bertz CT molecular complexity index is 462. The smallest absolute Gasteiger partial charge is 0.136 e. The molecule has 0 radical (unpaired) electrons. The summed E-state index contributed by atoms with van der Waals surface area (Å²) in [6.07, 6.45) is 1.70. The molecule has 2 N–H and O–H groups in total. The van der Waals surface area contributed by atoms with Crippen molar-refractivity contribution in [3.63, 3.8) is 0 Å². The summed E-state index contributed by atoms with van der Waals surface area (Å²) in [6, 6.07) is 7.93. The average Bonchev–Trinajstić information content (AvgIpc) is 2.69. The van der Waals surface area contributed by atoms with Crippen LogP contribution in [0.25, 0.3) is 11.0 Å². The van der Waals surface area contributed by atoms with Crippen molar-refractivity contribution in [1.29, 1.82) is 0 Å². The molecule has 0 fully saturated rings. The Morgan fingerprint density at radius 1 is 1.31 bits per heavy atom. The van der Waals surface area contributed by atoms with E-state index in [2.05, 4.69) is 19.2 Å². The summed E-state index contributed by atoms with van der Waals surface area (Å²) in [5, 5.41) is 13.6. The quantitative estimate of drug-likeness (QED) is 0.831. The Morgan fingerprint density at radius 3 is 2.75 bits per heavy atom. The monoisotopic (exact) mass is 219 g/mol. The molecule has 0 saturated heterocycles. The van der Waals surface area contributed by atoms with Gasteiger partial charge in [-0.1, -0.05) is 26.0 Å². The van der Waals surface area contributed by atoms with Crippen LogP contribution in [0.1, 0.15) is 13.8 Å². The van der Waals surface area contributed by atoms with E-state index in [1.54, 1.807) is 6.26 Å². The summed E-state index contributed by atoms with van der Waals surface area (Å²) >= 11 is 0. The molecule has 0 bridgehead atoms. The van der Waals surface area contributed by atoms with Crippen LogP contribution in [0, 0.1) is 5.92 Å². The molecule has 0 spiro atoms. The minimum atomic E-state index is 0.0565. The summed E-state index contributed by atoms with van der Waals surface area (Å²) in [4.78, 5) is 0. The van der Waals surface area contributed by atoms with E-state index >= 15 is 0 Å². The number of furan rings is 1. The van der Waals surface area contributed by atoms with Crippen molar-refractivity contribution in [2.75, 3.05) is 11.9 Å². The van der Waals surface area contributed by atoms with Gasteiger partial charge in [0.05, 0.1) is 18.3 Å². The second-order valence-corrected chi connectivity index (χ2v) is 4.32. The summed E-state index contributed by atoms with van der Waals surface area (Å²) in [6.45, 7) is 4.28. The Kier molecular flexibility index (Phi) is 3.15. The van der Waals surface area contributed by atoms with E-state index in [1.165, 1.54) is 0 Å². The first kappa shape index (κ1) is 11.0. The highest BCUT2D eigenvalue weighted by Crippen LogP contribution is 2.26. The van der Waals surface area contributed by atoms with E-state index < -0.39 is 0 Å². The molecule has 3 heteroatoms. The fourth-order valence-corrected chi connectivity index (χ4v) is 1.71. The first-order chi connectivity index (χ1) is 7.72. The number of benzene rings is 1. The predicted octanol–water partition coefficient (Wildman–Crippen LogP) is 2.86. The van der Waals surface area contributed by atoms with Crippen LogP contribution in [-0.4, -0.2) is 17.8 Å². The lowest BCUT2D eigenvalue weighted by Gasteiger charge is -2.20. The second kappa shape index (κ2) is 4.58. The van der Waals surface area contributed by atoms with Gasteiger partial charge in [0, 0.05) is 5.39 Å². The topological polar surface area (TPSA) is 45.4 Å². The number of nitrogens with one attached hydrogen (secondary N) is 1. The van der Waals surface area contributed by atoms with Gasteiger partial charge in [-0.25, -0.2) is 0 Å². The van der Waals surface area contributed by atoms with E-state index in [9.17, 15) is 5.11 Å². The summed E-state index contributed by atoms with van der Waals surface area (Å²) in [5.74, 6) is 0.374. The van der Waals surface area contributed by atoms with Crippen LogP contribution in [-0.2, 0) is 0 Å². The van der Waals surface area contributed by atoms with E-state index in [-0.39, 0.29) is 12.6 Å². The van der Waals surface area contributed by atoms with Crippen LogP contribution in [0.5, 0.6) is 0 Å². The summed E-state index contributed by atoms with van der Waals surface area (Å²) in [5.41, 5.74) is 1.81. The number of aliphatic hydroxyl groups is 1. The van der Waals surface area contributed by atoms with Gasteiger partial charge in [0.2, 0.25) is 0 Å². The number of aliphatic hydroxyl groups excluding tert-OH is 1. The third kappa shape index (κ3) is 2.04. The lowest BCUT2D eigenvalue weighted by atomic mass is 10.1. The Labute approximate surface area is 95.1 Å². The van der Waals surface area contributed by atoms with E-state index in [0.29, 0.717) is 5.92 Å². The first-order valence-corrected chi connectivity index (χ1v) is 5.56. The standard InChI is InChI=1S/C13H17NO2/c1-9(2)11(7-15)14-12-8-16-13-6-4-3-5-10(12)13/h3-6,8-9,11,14-15H,7H2,1-2H3. The maximum Gasteiger partial charge on any atom is 0.136 e. The average molecular weight is 219 g/mol. The first-order valence-electron chi connectivity index (χ1n) is 5.56. The molecule has 2 rings (SSSR count). The number of rotatable bonds is 4. The van der Waals surface area contributed by atoms with Crippen molar-refractivity contribution in [3.8, 4) is 0 Å². The molecule has 0 aliphatic heterocycles. The lowest BCUT2D eigenvalue weighted by molar-refractivity contribution is 0.249. The molecule has 2 aromatic rings. The van der Waals surface area contributed by atoms with Crippen molar-refractivity contribution < 1.29 is 9.52 Å². The minimum Gasteiger partial charge on any atom is -0.462 e. The fraction of sp³-hybridized carbons (Fsp3) is 0.385. The predicted molar refractivity (Wildman–Crippen MR) is 65.5 cm³/mol. The van der Waals surface area contributed by atoms with Gasteiger partial charge in [-0.3, -0.25) is 0 Å². The zero-order chi connectivity index (χ0) is 11.5. The molecule has 0 amide bonds. The molecule has 16 heavy (non-hydrogen) atoms. The Hall–Kier alpha value is -1.48. The van der Waals surface area contributed by atoms with Crippen molar-refractivity contribution in [2.24, 2.45) is 5.92 Å². The molecule has 1 aromatic heterocycles. The van der Waals surface area contributed by atoms with Crippen LogP contribution in [0.3, 0.4) is 0 Å². The third-order valence-electron chi connectivity index (χ3n) is 2.82. The SMILES string of the molecule is CC(C)C(CO)Nc1coc2ccccc12. The summed E-state index contributed by atoms with van der Waals surface area (Å²) in [7, 11) is 0. The van der Waals surface area contributed by atoms with Crippen molar-refractivity contribution in [2.45, 2.75) is 19.9 Å². The van der Waals surface area contributed by atoms with Gasteiger partial charge >= 0.3 is 0 Å². The molecule has 1 atom stereocenters. The van der Waals surface area contributed by atoms with Crippen molar-refractivity contribution >= 4 is 16.7 Å². The second-order valence-electron chi connectivity index (χ2n) is 4.32. The number of hydrogen-bond donors (Lipinski definition) is 2. The van der Waals surface area contributed by atoms with Gasteiger partial charge < -0.3 is 14.8 Å². The number of fused-ring (bicyclic) bond motifs is 1. The maximum atomic E-state index is 9.27. The molecule has 0 aliphatic rings. The number of anilines is 1. The largest absolute Gasteiger partial charge is 0.462 e. The molecule has 3 nitrogen and oxygen atoms in total. The molecule has 1 heterocycles. The normalized spacial score (nSPS) is 13.2. The van der Waals surface area contributed by atoms with Gasteiger partial charge in [-0.05, 0) is 18.1 Å². The zero-order valence-corrected chi connectivity index (χ0v) is 9.60. The van der Waals surface area contributed by atoms with E-state index in [1.807, 2.05) is 24.3 Å². The number of para-hydroxylation sites is 1. The van der Waals surface area contributed by atoms with Crippen LogP contribution in [0.2, 0.25) is 0 Å². The van der Waals surface area contributed by atoms with Crippen LogP contribution < -0.4 is 5.32 Å². The highest BCUT2D eigenvalue weighted by atomic mass is 16.3. The van der Waals surface area contributed by atoms with Gasteiger partial charge in [0.15, 0.2) is 0 Å². The van der Waals surface area contributed by atoms with E-state index in [0.717, 1.165) is 16.7 Å². The lowest BCUT2D eigenvalue weighted by Crippen LogP contribution is -2.29. The Balaban J connectivity index is 2.27. The molecular weight excluding hydrogens is 202 g/mol. The fourth-order valence-electron chi connectivity index (χ4n) is 1.71. The maximum absolute atomic E-state index is 9.27. The molecular formula is C13H17NO2.